The van der Waals surface area contributed by atoms with E-state index in [9.17, 15) is 4.79 Å². The molecule has 0 amide bonds. The number of hydrogen-bond acceptors (Lipinski definition) is 3. The summed E-state index contributed by atoms with van der Waals surface area (Å²) < 4.78 is 0. The van der Waals surface area contributed by atoms with Crippen molar-refractivity contribution in [3.63, 3.8) is 0 Å². The first-order valence-corrected chi connectivity index (χ1v) is 6.25. The lowest BCUT2D eigenvalue weighted by molar-refractivity contribution is -0.140. The summed E-state index contributed by atoms with van der Waals surface area (Å²) in [6.45, 7) is 0. The number of hydrogen-bond donors (Lipinski definition) is 2. The monoisotopic (exact) mass is 254 g/mol. The van der Waals surface area contributed by atoms with Gasteiger partial charge in [-0.25, -0.2) is 0 Å². The molecule has 0 bridgehead atoms. The zero-order chi connectivity index (χ0) is 13.2. The number of aliphatic carboxylic acids is 1. The van der Waals surface area contributed by atoms with E-state index in [1.165, 1.54) is 0 Å². The van der Waals surface area contributed by atoms with Gasteiger partial charge in [0.15, 0.2) is 0 Å². The number of anilines is 1. The van der Waals surface area contributed by atoms with E-state index < -0.39 is 5.97 Å². The number of nitrogens with one attached hydrogen (secondary N) is 1. The molecule has 2 aromatic rings. The standard InChI is InChI=1S/C15H14N2O2/c18-15(19)10-5-6-11(9-10)17-14-7-8-16-13-4-2-1-3-12(13)14/h1-8,10-11H,9H2,(H,16,17)(H,18,19). The average Bonchev–Trinajstić information content (AvgIpc) is 2.88. The fourth-order valence-electron chi connectivity index (χ4n) is 2.41. The average molecular weight is 254 g/mol. The number of aromatic nitrogens is 1. The molecular formula is C15H14N2O2. The minimum atomic E-state index is -0.764. The molecular weight excluding hydrogens is 240 g/mol. The molecule has 2 unspecified atom stereocenters. The Hall–Kier alpha value is -2.36. The Balaban J connectivity index is 1.83. The van der Waals surface area contributed by atoms with Gasteiger partial charge in [0.2, 0.25) is 0 Å². The van der Waals surface area contributed by atoms with Crippen molar-refractivity contribution in [3.05, 3.63) is 48.7 Å². The molecule has 1 heterocycles. The van der Waals surface area contributed by atoms with Crippen LogP contribution < -0.4 is 5.32 Å². The molecule has 0 aliphatic heterocycles. The van der Waals surface area contributed by atoms with Crippen molar-refractivity contribution in [3.8, 4) is 0 Å². The van der Waals surface area contributed by atoms with Crippen molar-refractivity contribution in [1.29, 1.82) is 0 Å². The van der Waals surface area contributed by atoms with Crippen molar-refractivity contribution in [2.24, 2.45) is 5.92 Å². The molecule has 1 aromatic carbocycles. The van der Waals surface area contributed by atoms with Crippen LogP contribution in [0.4, 0.5) is 5.69 Å². The van der Waals surface area contributed by atoms with E-state index in [1.807, 2.05) is 36.4 Å². The number of fused-ring (bicyclic) bond motifs is 1. The van der Waals surface area contributed by atoms with Gasteiger partial charge in [-0.1, -0.05) is 30.4 Å². The van der Waals surface area contributed by atoms with E-state index in [1.54, 1.807) is 12.3 Å². The normalized spacial score (nSPS) is 21.7. The minimum absolute atomic E-state index is 0.0620. The van der Waals surface area contributed by atoms with Gasteiger partial charge in [-0.2, -0.15) is 0 Å². The Morgan fingerprint density at radius 3 is 2.89 bits per heavy atom. The van der Waals surface area contributed by atoms with Crippen molar-refractivity contribution in [2.75, 3.05) is 5.32 Å². The van der Waals surface area contributed by atoms with E-state index in [2.05, 4.69) is 10.3 Å². The molecule has 2 N–H and O–H groups in total. The van der Waals surface area contributed by atoms with Crippen LogP contribution in [0, 0.1) is 5.92 Å². The number of carboxylic acid groups (broad SMARTS) is 1. The van der Waals surface area contributed by atoms with Crippen LogP contribution in [0.15, 0.2) is 48.7 Å². The van der Waals surface area contributed by atoms with Crippen molar-refractivity contribution in [1.82, 2.24) is 4.98 Å². The molecule has 0 spiro atoms. The molecule has 4 nitrogen and oxygen atoms in total. The summed E-state index contributed by atoms with van der Waals surface area (Å²) in [6.07, 6.45) is 6.03. The van der Waals surface area contributed by atoms with Crippen LogP contribution in [0.2, 0.25) is 0 Å². The van der Waals surface area contributed by atoms with Gasteiger partial charge < -0.3 is 10.4 Å². The molecule has 2 atom stereocenters. The molecule has 0 saturated carbocycles. The number of carboxylic acids is 1. The molecule has 96 valence electrons. The molecule has 3 rings (SSSR count). The van der Waals surface area contributed by atoms with Gasteiger partial charge in [0.25, 0.3) is 0 Å². The number of rotatable bonds is 3. The Morgan fingerprint density at radius 1 is 1.26 bits per heavy atom. The lowest BCUT2D eigenvalue weighted by Crippen LogP contribution is -2.18. The Labute approximate surface area is 110 Å². The van der Waals surface area contributed by atoms with Gasteiger partial charge in [0, 0.05) is 23.3 Å². The highest BCUT2D eigenvalue weighted by molar-refractivity contribution is 5.91. The second-order valence-corrected chi connectivity index (χ2v) is 4.69. The smallest absolute Gasteiger partial charge is 0.310 e. The summed E-state index contributed by atoms with van der Waals surface area (Å²) >= 11 is 0. The number of nitrogens with zero attached hydrogens (tertiary/aromatic N) is 1. The van der Waals surface area contributed by atoms with Crippen LogP contribution in [-0.2, 0) is 4.79 Å². The largest absolute Gasteiger partial charge is 0.481 e. The van der Waals surface area contributed by atoms with Gasteiger partial charge in [-0.15, -0.1) is 0 Å². The SMILES string of the molecule is O=C(O)C1C=CC(Nc2ccnc3ccccc23)C1. The van der Waals surface area contributed by atoms with Crippen LogP contribution in [0.25, 0.3) is 10.9 Å². The predicted octanol–water partition coefficient (Wildman–Crippen LogP) is 2.68. The first kappa shape index (κ1) is 11.7. The molecule has 0 radical (unpaired) electrons. The third-order valence-corrected chi connectivity index (χ3v) is 3.39. The maximum atomic E-state index is 10.9. The summed E-state index contributed by atoms with van der Waals surface area (Å²) in [6, 6.07) is 9.88. The van der Waals surface area contributed by atoms with E-state index in [4.69, 9.17) is 5.11 Å². The first-order chi connectivity index (χ1) is 9.24. The van der Waals surface area contributed by atoms with Gasteiger partial charge in [-0.05, 0) is 18.6 Å². The van der Waals surface area contributed by atoms with Crippen LogP contribution in [0.3, 0.4) is 0 Å². The minimum Gasteiger partial charge on any atom is -0.481 e. The maximum absolute atomic E-state index is 10.9. The third kappa shape index (κ3) is 2.29. The Bertz CT molecular complexity index is 646. The van der Waals surface area contributed by atoms with Crippen molar-refractivity contribution in [2.45, 2.75) is 12.5 Å². The zero-order valence-corrected chi connectivity index (χ0v) is 10.3. The number of pyridine rings is 1. The number of para-hydroxylation sites is 1. The molecule has 19 heavy (non-hydrogen) atoms. The second kappa shape index (κ2) is 4.72. The summed E-state index contributed by atoms with van der Waals surface area (Å²) in [7, 11) is 0. The quantitative estimate of drug-likeness (QED) is 0.827. The topological polar surface area (TPSA) is 62.2 Å². The molecule has 4 heteroatoms. The van der Waals surface area contributed by atoms with Crippen LogP contribution in [0.1, 0.15) is 6.42 Å². The van der Waals surface area contributed by atoms with E-state index in [0.717, 1.165) is 16.6 Å². The van der Waals surface area contributed by atoms with E-state index >= 15 is 0 Å². The fraction of sp³-hybridized carbons (Fsp3) is 0.200. The highest BCUT2D eigenvalue weighted by atomic mass is 16.4. The van der Waals surface area contributed by atoms with Crippen molar-refractivity contribution >= 4 is 22.6 Å². The molecule has 1 aliphatic carbocycles. The van der Waals surface area contributed by atoms with Gasteiger partial charge in [-0.3, -0.25) is 9.78 Å². The Morgan fingerprint density at radius 2 is 2.11 bits per heavy atom. The van der Waals surface area contributed by atoms with E-state index in [0.29, 0.717) is 6.42 Å². The predicted molar refractivity (Wildman–Crippen MR) is 74.0 cm³/mol. The lowest BCUT2D eigenvalue weighted by Gasteiger charge is -2.15. The van der Waals surface area contributed by atoms with Crippen LogP contribution in [-0.4, -0.2) is 22.1 Å². The number of benzene rings is 1. The van der Waals surface area contributed by atoms with Gasteiger partial charge in [0.05, 0.1) is 11.4 Å². The van der Waals surface area contributed by atoms with E-state index in [-0.39, 0.29) is 12.0 Å². The van der Waals surface area contributed by atoms with Crippen LogP contribution in [0.5, 0.6) is 0 Å². The summed E-state index contributed by atoms with van der Waals surface area (Å²) in [4.78, 5) is 15.2. The molecule has 1 aliphatic rings. The van der Waals surface area contributed by atoms with Crippen molar-refractivity contribution < 1.29 is 9.90 Å². The summed E-state index contributed by atoms with van der Waals surface area (Å²) in [5, 5.41) is 13.4. The summed E-state index contributed by atoms with van der Waals surface area (Å²) in [5.41, 5.74) is 1.93. The molecule has 0 fully saturated rings. The maximum Gasteiger partial charge on any atom is 0.310 e. The second-order valence-electron chi connectivity index (χ2n) is 4.69. The first-order valence-electron chi connectivity index (χ1n) is 6.25. The Kier molecular flexibility index (Phi) is 2.91. The van der Waals surface area contributed by atoms with Gasteiger partial charge >= 0.3 is 5.97 Å². The third-order valence-electron chi connectivity index (χ3n) is 3.39. The number of carbonyl (C=O) groups is 1. The highest BCUT2D eigenvalue weighted by Gasteiger charge is 2.24. The van der Waals surface area contributed by atoms with Gasteiger partial charge in [0.1, 0.15) is 0 Å². The highest BCUT2D eigenvalue weighted by Crippen LogP contribution is 2.26. The zero-order valence-electron chi connectivity index (χ0n) is 10.3. The summed E-state index contributed by atoms with van der Waals surface area (Å²) in [5.74, 6) is -1.15. The van der Waals surface area contributed by atoms with Crippen LogP contribution >= 0.6 is 0 Å². The molecule has 1 aromatic heterocycles. The molecule has 0 saturated heterocycles. The lowest BCUT2D eigenvalue weighted by atomic mass is 10.1. The fourth-order valence-corrected chi connectivity index (χ4v) is 2.41.